The number of aliphatic hydroxyl groups is 2. The van der Waals surface area contributed by atoms with Gasteiger partial charge in [-0.3, -0.25) is 4.98 Å². The van der Waals surface area contributed by atoms with Crippen LogP contribution in [0, 0.1) is 0 Å². The average molecular weight is 438 g/mol. The highest BCUT2D eigenvalue weighted by Gasteiger charge is 2.25. The molecule has 3 rings (SSSR count). The molecule has 0 aliphatic carbocycles. The Morgan fingerprint density at radius 1 is 1.37 bits per heavy atom. The number of nitrogens with zero attached hydrogens (tertiary/aromatic N) is 2. The Morgan fingerprint density at radius 2 is 2.07 bits per heavy atom. The molecular weight excluding hydrogens is 416 g/mol. The van der Waals surface area contributed by atoms with Crippen LogP contribution >= 0.6 is 11.6 Å². The number of aromatic nitrogens is 1. The van der Waals surface area contributed by atoms with Crippen LogP contribution in [0.3, 0.4) is 0 Å². The molecule has 1 unspecified atom stereocenters. The highest BCUT2D eigenvalue weighted by atomic mass is 35.5. The van der Waals surface area contributed by atoms with E-state index in [9.17, 15) is 23.8 Å². The Morgan fingerprint density at radius 3 is 2.60 bits per heavy atom. The summed E-state index contributed by atoms with van der Waals surface area (Å²) in [5.41, 5.74) is 0.759. The normalized spacial score (nSPS) is 16.2. The van der Waals surface area contributed by atoms with Crippen molar-refractivity contribution in [1.29, 1.82) is 0 Å². The second-order valence-corrected chi connectivity index (χ2v) is 7.67. The van der Waals surface area contributed by atoms with Gasteiger partial charge in [0.2, 0.25) is 0 Å². The Hall–Kier alpha value is -2.55. The number of hydrogen-bond donors (Lipinski definition) is 3. The van der Waals surface area contributed by atoms with Crippen molar-refractivity contribution in [3.8, 4) is 0 Å². The van der Waals surface area contributed by atoms with Crippen LogP contribution in [-0.4, -0.2) is 45.8 Å². The SMILES string of the molecule is CC(O)(CO)c1cnc(C2=CCN(C(=O)Nc3ccc(C(F)F)cc3)CC2)c(Cl)c1. The van der Waals surface area contributed by atoms with Gasteiger partial charge in [-0.2, -0.15) is 0 Å². The zero-order chi connectivity index (χ0) is 21.9. The Labute approximate surface area is 177 Å². The summed E-state index contributed by atoms with van der Waals surface area (Å²) in [5, 5.41) is 22.4. The molecular formula is C21H22ClF2N3O3. The molecule has 0 fully saturated rings. The lowest BCUT2D eigenvalue weighted by atomic mass is 9.97. The van der Waals surface area contributed by atoms with Gasteiger partial charge in [-0.1, -0.05) is 29.8 Å². The number of nitrogens with one attached hydrogen (secondary N) is 1. The fourth-order valence-electron chi connectivity index (χ4n) is 3.04. The van der Waals surface area contributed by atoms with E-state index in [1.54, 1.807) is 11.0 Å². The molecule has 1 aromatic carbocycles. The van der Waals surface area contributed by atoms with Gasteiger partial charge in [-0.25, -0.2) is 13.6 Å². The lowest BCUT2D eigenvalue weighted by Gasteiger charge is -2.27. The van der Waals surface area contributed by atoms with E-state index < -0.39 is 18.6 Å². The van der Waals surface area contributed by atoms with E-state index in [1.165, 1.54) is 37.4 Å². The van der Waals surface area contributed by atoms with Crippen molar-refractivity contribution in [2.24, 2.45) is 0 Å². The maximum absolute atomic E-state index is 12.6. The van der Waals surface area contributed by atoms with E-state index in [1.807, 2.05) is 6.08 Å². The van der Waals surface area contributed by atoms with Gasteiger partial charge in [0.25, 0.3) is 6.43 Å². The lowest BCUT2D eigenvalue weighted by molar-refractivity contribution is -0.00255. The van der Waals surface area contributed by atoms with Gasteiger partial charge < -0.3 is 20.4 Å². The van der Waals surface area contributed by atoms with Crippen LogP contribution in [0.2, 0.25) is 5.02 Å². The molecule has 30 heavy (non-hydrogen) atoms. The van der Waals surface area contributed by atoms with Crippen molar-refractivity contribution in [2.45, 2.75) is 25.4 Å². The van der Waals surface area contributed by atoms with Crippen molar-refractivity contribution < 1.29 is 23.8 Å². The van der Waals surface area contributed by atoms with Crippen molar-refractivity contribution in [1.82, 2.24) is 9.88 Å². The molecule has 2 aromatic rings. The van der Waals surface area contributed by atoms with Gasteiger partial charge in [0, 0.05) is 36.1 Å². The van der Waals surface area contributed by atoms with E-state index >= 15 is 0 Å². The minimum absolute atomic E-state index is 0.102. The molecule has 0 saturated carbocycles. The number of carbonyl (C=O) groups is 1. The van der Waals surface area contributed by atoms with Gasteiger partial charge in [-0.15, -0.1) is 0 Å². The largest absolute Gasteiger partial charge is 0.393 e. The lowest BCUT2D eigenvalue weighted by Crippen LogP contribution is -2.38. The van der Waals surface area contributed by atoms with Gasteiger partial charge >= 0.3 is 6.03 Å². The van der Waals surface area contributed by atoms with E-state index in [-0.39, 0.29) is 11.6 Å². The third kappa shape index (κ3) is 4.95. The van der Waals surface area contributed by atoms with Crippen LogP contribution < -0.4 is 5.32 Å². The summed E-state index contributed by atoms with van der Waals surface area (Å²) in [7, 11) is 0. The molecule has 0 saturated heterocycles. The molecule has 0 spiro atoms. The number of benzene rings is 1. The van der Waals surface area contributed by atoms with E-state index in [2.05, 4.69) is 10.3 Å². The van der Waals surface area contributed by atoms with E-state index in [0.29, 0.717) is 41.5 Å². The third-order valence-corrected chi connectivity index (χ3v) is 5.27. The Bertz CT molecular complexity index is 949. The van der Waals surface area contributed by atoms with Crippen LogP contribution in [0.1, 0.15) is 36.6 Å². The number of amides is 2. The van der Waals surface area contributed by atoms with Crippen LogP contribution in [0.25, 0.3) is 5.57 Å². The molecule has 1 aliphatic rings. The third-order valence-electron chi connectivity index (χ3n) is 4.99. The molecule has 6 nitrogen and oxygen atoms in total. The first-order valence-electron chi connectivity index (χ1n) is 9.34. The zero-order valence-electron chi connectivity index (χ0n) is 16.3. The van der Waals surface area contributed by atoms with Crippen LogP contribution in [0.5, 0.6) is 0 Å². The number of halogens is 3. The number of anilines is 1. The predicted molar refractivity (Wildman–Crippen MR) is 110 cm³/mol. The number of hydrogen-bond acceptors (Lipinski definition) is 4. The van der Waals surface area contributed by atoms with Crippen molar-refractivity contribution >= 4 is 28.9 Å². The standard InChI is InChI=1S/C21H22ClF2N3O3/c1-21(30,12-28)15-10-17(22)18(25-11-15)13-6-8-27(9-7-13)20(29)26-16-4-2-14(3-5-16)19(23)24/h2-6,10-11,19,28,30H,7-9,12H2,1H3,(H,26,29). The quantitative estimate of drug-likeness (QED) is 0.654. The molecule has 0 bridgehead atoms. The zero-order valence-corrected chi connectivity index (χ0v) is 17.0. The van der Waals surface area contributed by atoms with Crippen molar-refractivity contribution in [3.63, 3.8) is 0 Å². The molecule has 1 aliphatic heterocycles. The summed E-state index contributed by atoms with van der Waals surface area (Å²) in [6.07, 6.45) is 1.30. The minimum Gasteiger partial charge on any atom is -0.393 e. The van der Waals surface area contributed by atoms with Crippen LogP contribution in [0.4, 0.5) is 19.3 Å². The Kier molecular flexibility index (Phi) is 6.70. The maximum Gasteiger partial charge on any atom is 0.322 e. The number of pyridine rings is 1. The first-order chi connectivity index (χ1) is 14.2. The number of carbonyl (C=O) groups excluding carboxylic acids is 1. The van der Waals surface area contributed by atoms with E-state index in [0.717, 1.165) is 5.57 Å². The molecule has 0 radical (unpaired) electrons. The molecule has 160 valence electrons. The summed E-state index contributed by atoms with van der Waals surface area (Å²) in [4.78, 5) is 18.3. The second kappa shape index (κ2) is 9.07. The van der Waals surface area contributed by atoms with Gasteiger partial charge in [0.15, 0.2) is 0 Å². The van der Waals surface area contributed by atoms with E-state index in [4.69, 9.17) is 11.6 Å². The van der Waals surface area contributed by atoms with Crippen LogP contribution in [0.15, 0.2) is 42.6 Å². The fraction of sp³-hybridized carbons (Fsp3) is 0.333. The first kappa shape index (κ1) is 22.1. The number of rotatable bonds is 5. The Balaban J connectivity index is 1.65. The highest BCUT2D eigenvalue weighted by Crippen LogP contribution is 2.30. The summed E-state index contributed by atoms with van der Waals surface area (Å²) in [6.45, 7) is 1.78. The molecule has 2 amide bonds. The van der Waals surface area contributed by atoms with Gasteiger partial charge in [-0.05, 0) is 37.1 Å². The topological polar surface area (TPSA) is 85.7 Å². The molecule has 1 aromatic heterocycles. The van der Waals surface area contributed by atoms with Crippen molar-refractivity contribution in [3.05, 3.63) is 64.4 Å². The smallest absolute Gasteiger partial charge is 0.322 e. The molecule has 1 atom stereocenters. The van der Waals surface area contributed by atoms with Gasteiger partial charge in [0.05, 0.1) is 17.3 Å². The summed E-state index contributed by atoms with van der Waals surface area (Å²) >= 11 is 6.32. The summed E-state index contributed by atoms with van der Waals surface area (Å²) in [6, 6.07) is 6.68. The summed E-state index contributed by atoms with van der Waals surface area (Å²) < 4.78 is 25.2. The van der Waals surface area contributed by atoms with Gasteiger partial charge in [0.1, 0.15) is 5.60 Å². The molecule has 2 heterocycles. The monoisotopic (exact) mass is 437 g/mol. The predicted octanol–water partition coefficient (Wildman–Crippen LogP) is 4.19. The average Bonchev–Trinajstić information content (AvgIpc) is 2.74. The van der Waals surface area contributed by atoms with Crippen LogP contribution in [-0.2, 0) is 5.60 Å². The number of alkyl halides is 2. The minimum atomic E-state index is -2.55. The number of aliphatic hydroxyl groups excluding tert-OH is 1. The fourth-order valence-corrected chi connectivity index (χ4v) is 3.33. The summed E-state index contributed by atoms with van der Waals surface area (Å²) in [5.74, 6) is 0. The molecule has 9 heteroatoms. The highest BCUT2D eigenvalue weighted by molar-refractivity contribution is 6.32. The maximum atomic E-state index is 12.6. The first-order valence-corrected chi connectivity index (χ1v) is 9.72. The van der Waals surface area contributed by atoms with Crippen molar-refractivity contribution in [2.75, 3.05) is 25.0 Å². The molecule has 3 N–H and O–H groups in total. The number of urea groups is 1. The second-order valence-electron chi connectivity index (χ2n) is 7.26.